The Balaban J connectivity index is 2.51. The standard InChI is InChI=1S/C15H11FO/c1-3-11-9-13(7-8-15(11)17-2)12-5-4-6-14(16)10-12/h1,4-10H,2H3. The fraction of sp³-hybridized carbons (Fsp3) is 0.0667. The Bertz CT molecular complexity index is 582. The minimum Gasteiger partial charge on any atom is -0.495 e. The van der Waals surface area contributed by atoms with Gasteiger partial charge >= 0.3 is 0 Å². The van der Waals surface area contributed by atoms with E-state index in [0.29, 0.717) is 11.3 Å². The molecule has 2 rings (SSSR count). The number of rotatable bonds is 2. The van der Waals surface area contributed by atoms with E-state index in [2.05, 4.69) is 5.92 Å². The number of methoxy groups -OCH3 is 1. The Kier molecular flexibility index (Phi) is 3.11. The van der Waals surface area contributed by atoms with Gasteiger partial charge in [0.15, 0.2) is 0 Å². The highest BCUT2D eigenvalue weighted by Crippen LogP contribution is 2.26. The Morgan fingerprint density at radius 2 is 1.88 bits per heavy atom. The molecule has 0 heterocycles. The number of halogens is 1. The van der Waals surface area contributed by atoms with Crippen molar-refractivity contribution >= 4 is 0 Å². The predicted octanol–water partition coefficient (Wildman–Crippen LogP) is 3.48. The molecule has 0 spiro atoms. The van der Waals surface area contributed by atoms with Crippen molar-refractivity contribution in [3.05, 3.63) is 53.8 Å². The van der Waals surface area contributed by atoms with Crippen molar-refractivity contribution < 1.29 is 9.13 Å². The van der Waals surface area contributed by atoms with E-state index >= 15 is 0 Å². The van der Waals surface area contributed by atoms with Gasteiger partial charge in [-0.05, 0) is 35.4 Å². The lowest BCUT2D eigenvalue weighted by molar-refractivity contribution is 0.413. The third-order valence-electron chi connectivity index (χ3n) is 2.51. The Morgan fingerprint density at radius 1 is 1.12 bits per heavy atom. The number of ether oxygens (including phenoxy) is 1. The lowest BCUT2D eigenvalue weighted by atomic mass is 10.0. The summed E-state index contributed by atoms with van der Waals surface area (Å²) in [5.74, 6) is 2.94. The largest absolute Gasteiger partial charge is 0.495 e. The van der Waals surface area contributed by atoms with Gasteiger partial charge < -0.3 is 4.74 Å². The predicted molar refractivity (Wildman–Crippen MR) is 66.3 cm³/mol. The first-order valence-electron chi connectivity index (χ1n) is 5.15. The van der Waals surface area contributed by atoms with Gasteiger partial charge in [-0.2, -0.15) is 0 Å². The average molecular weight is 226 g/mol. The minimum absolute atomic E-state index is 0.263. The molecule has 1 nitrogen and oxygen atoms in total. The van der Waals surface area contributed by atoms with Crippen LogP contribution < -0.4 is 4.74 Å². The number of terminal acetylenes is 1. The van der Waals surface area contributed by atoms with Crippen molar-refractivity contribution in [3.8, 4) is 29.2 Å². The zero-order chi connectivity index (χ0) is 12.3. The summed E-state index contributed by atoms with van der Waals surface area (Å²) in [6.07, 6.45) is 5.40. The molecule has 84 valence electrons. The van der Waals surface area contributed by atoms with Crippen LogP contribution in [0.1, 0.15) is 5.56 Å². The summed E-state index contributed by atoms with van der Waals surface area (Å²) in [4.78, 5) is 0. The van der Waals surface area contributed by atoms with Gasteiger partial charge in [0.1, 0.15) is 11.6 Å². The Labute approximate surface area is 99.9 Å². The van der Waals surface area contributed by atoms with Crippen molar-refractivity contribution in [1.29, 1.82) is 0 Å². The molecule has 0 amide bonds. The second-order valence-corrected chi connectivity index (χ2v) is 3.57. The summed E-state index contributed by atoms with van der Waals surface area (Å²) in [7, 11) is 1.57. The molecule has 0 aromatic heterocycles. The maximum absolute atomic E-state index is 13.1. The van der Waals surface area contributed by atoms with Crippen LogP contribution in [0, 0.1) is 18.2 Å². The molecule has 0 unspecified atom stereocenters. The maximum Gasteiger partial charge on any atom is 0.134 e. The molecule has 0 aliphatic carbocycles. The second-order valence-electron chi connectivity index (χ2n) is 3.57. The molecule has 0 aliphatic rings. The molecular formula is C15H11FO. The lowest BCUT2D eigenvalue weighted by Gasteiger charge is -2.07. The number of hydrogen-bond donors (Lipinski definition) is 0. The molecule has 0 atom stereocenters. The van der Waals surface area contributed by atoms with E-state index in [1.807, 2.05) is 18.2 Å². The monoisotopic (exact) mass is 226 g/mol. The second kappa shape index (κ2) is 4.71. The van der Waals surface area contributed by atoms with E-state index in [-0.39, 0.29) is 5.82 Å². The van der Waals surface area contributed by atoms with Gasteiger partial charge in [0, 0.05) is 0 Å². The zero-order valence-corrected chi connectivity index (χ0v) is 9.41. The van der Waals surface area contributed by atoms with Gasteiger partial charge in [0.25, 0.3) is 0 Å². The van der Waals surface area contributed by atoms with Crippen molar-refractivity contribution in [3.63, 3.8) is 0 Å². The normalized spacial score (nSPS) is 9.71. The molecule has 0 aliphatic heterocycles. The van der Waals surface area contributed by atoms with E-state index in [0.717, 1.165) is 11.1 Å². The highest BCUT2D eigenvalue weighted by atomic mass is 19.1. The molecule has 2 aromatic rings. The van der Waals surface area contributed by atoms with Crippen LogP contribution in [0.5, 0.6) is 5.75 Å². The third kappa shape index (κ3) is 2.29. The topological polar surface area (TPSA) is 9.23 Å². The average Bonchev–Trinajstić information content (AvgIpc) is 2.38. The maximum atomic E-state index is 13.1. The fourth-order valence-corrected chi connectivity index (χ4v) is 1.67. The molecule has 2 heteroatoms. The van der Waals surface area contributed by atoms with Crippen LogP contribution in [0.15, 0.2) is 42.5 Å². The van der Waals surface area contributed by atoms with E-state index in [9.17, 15) is 4.39 Å². The van der Waals surface area contributed by atoms with Gasteiger partial charge in [0.2, 0.25) is 0 Å². The first-order valence-corrected chi connectivity index (χ1v) is 5.15. The van der Waals surface area contributed by atoms with E-state index in [4.69, 9.17) is 11.2 Å². The Hall–Kier alpha value is -2.27. The molecule has 17 heavy (non-hydrogen) atoms. The van der Waals surface area contributed by atoms with Crippen molar-refractivity contribution in [2.75, 3.05) is 7.11 Å². The third-order valence-corrected chi connectivity index (χ3v) is 2.51. The van der Waals surface area contributed by atoms with Gasteiger partial charge in [0.05, 0.1) is 12.7 Å². The van der Waals surface area contributed by atoms with Gasteiger partial charge in [-0.1, -0.05) is 24.1 Å². The van der Waals surface area contributed by atoms with Crippen molar-refractivity contribution in [1.82, 2.24) is 0 Å². The van der Waals surface area contributed by atoms with Gasteiger partial charge in [-0.15, -0.1) is 6.42 Å². The first kappa shape index (κ1) is 11.2. The molecular weight excluding hydrogens is 215 g/mol. The van der Waals surface area contributed by atoms with Crippen molar-refractivity contribution in [2.24, 2.45) is 0 Å². The van der Waals surface area contributed by atoms with Crippen LogP contribution >= 0.6 is 0 Å². The van der Waals surface area contributed by atoms with Gasteiger partial charge in [-0.25, -0.2) is 4.39 Å². The Morgan fingerprint density at radius 3 is 2.53 bits per heavy atom. The summed E-state index contributed by atoms with van der Waals surface area (Å²) in [5.41, 5.74) is 2.33. The molecule has 0 bridgehead atoms. The van der Waals surface area contributed by atoms with Crippen LogP contribution in [0.25, 0.3) is 11.1 Å². The molecule has 0 fully saturated rings. The van der Waals surface area contributed by atoms with Crippen LogP contribution in [0.2, 0.25) is 0 Å². The highest BCUT2D eigenvalue weighted by Gasteiger charge is 2.04. The summed E-state index contributed by atoms with van der Waals surface area (Å²) in [6.45, 7) is 0. The minimum atomic E-state index is -0.263. The van der Waals surface area contributed by atoms with Crippen LogP contribution in [-0.4, -0.2) is 7.11 Å². The number of benzene rings is 2. The summed E-state index contributed by atoms with van der Waals surface area (Å²) in [5, 5.41) is 0. The van der Waals surface area contributed by atoms with Crippen LogP contribution in [0.4, 0.5) is 4.39 Å². The van der Waals surface area contributed by atoms with Crippen molar-refractivity contribution in [2.45, 2.75) is 0 Å². The van der Waals surface area contributed by atoms with E-state index in [1.54, 1.807) is 19.2 Å². The first-order chi connectivity index (χ1) is 8.24. The smallest absolute Gasteiger partial charge is 0.134 e. The quantitative estimate of drug-likeness (QED) is 0.712. The van der Waals surface area contributed by atoms with Crippen LogP contribution in [0.3, 0.4) is 0 Å². The number of hydrogen-bond acceptors (Lipinski definition) is 1. The molecule has 0 radical (unpaired) electrons. The lowest BCUT2D eigenvalue weighted by Crippen LogP contribution is -1.89. The van der Waals surface area contributed by atoms with Crippen LogP contribution in [-0.2, 0) is 0 Å². The highest BCUT2D eigenvalue weighted by molar-refractivity contribution is 5.67. The fourth-order valence-electron chi connectivity index (χ4n) is 1.67. The molecule has 0 saturated heterocycles. The van der Waals surface area contributed by atoms with E-state index in [1.165, 1.54) is 12.1 Å². The summed E-state index contributed by atoms with van der Waals surface area (Å²) >= 11 is 0. The zero-order valence-electron chi connectivity index (χ0n) is 9.41. The molecule has 0 saturated carbocycles. The molecule has 2 aromatic carbocycles. The summed E-state index contributed by atoms with van der Waals surface area (Å²) < 4.78 is 18.2. The van der Waals surface area contributed by atoms with Gasteiger partial charge in [-0.3, -0.25) is 0 Å². The SMILES string of the molecule is C#Cc1cc(-c2cccc(F)c2)ccc1OC. The van der Waals surface area contributed by atoms with E-state index < -0.39 is 0 Å². The summed E-state index contributed by atoms with van der Waals surface area (Å²) in [6, 6.07) is 11.9. The molecule has 0 N–H and O–H groups in total.